The number of carbonyl (C=O) groups excluding carboxylic acids is 2. The topological polar surface area (TPSA) is 104 Å². The maximum atomic E-state index is 12.5. The molecule has 11 heteroatoms. The summed E-state index contributed by atoms with van der Waals surface area (Å²) in [5.74, 6) is -1.40. The lowest BCUT2D eigenvalue weighted by molar-refractivity contribution is 0.0847. The van der Waals surface area contributed by atoms with Gasteiger partial charge in [0.2, 0.25) is 0 Å². The highest BCUT2D eigenvalue weighted by Gasteiger charge is 2.20. The van der Waals surface area contributed by atoms with E-state index in [0.717, 1.165) is 11.3 Å². The number of anilines is 1. The van der Waals surface area contributed by atoms with Gasteiger partial charge in [-0.3, -0.25) is 25.2 Å². The summed E-state index contributed by atoms with van der Waals surface area (Å²) >= 11 is 12.9. The Kier molecular flexibility index (Phi) is 6.43. The van der Waals surface area contributed by atoms with Gasteiger partial charge >= 0.3 is 0 Å². The van der Waals surface area contributed by atoms with Crippen LogP contribution in [0.3, 0.4) is 0 Å². The van der Waals surface area contributed by atoms with Crippen LogP contribution in [0.1, 0.15) is 20.7 Å². The number of rotatable bonds is 5. The quantitative estimate of drug-likeness (QED) is 0.492. The van der Waals surface area contributed by atoms with E-state index in [0.29, 0.717) is 0 Å². The summed E-state index contributed by atoms with van der Waals surface area (Å²) < 4.78 is 27.3. The van der Waals surface area contributed by atoms with E-state index in [-0.39, 0.29) is 31.1 Å². The van der Waals surface area contributed by atoms with E-state index in [9.17, 15) is 18.0 Å². The highest BCUT2D eigenvalue weighted by atomic mass is 35.5. The SMILES string of the molecule is O=C(NNC(=O)c1cccc(Cl)c1Cl)c1ccccc1NS(=O)(=O)c1cccs1. The number of carbonyl (C=O) groups is 2. The zero-order chi connectivity index (χ0) is 21.0. The summed E-state index contributed by atoms with van der Waals surface area (Å²) in [6.07, 6.45) is 0. The third-order valence-corrected chi connectivity index (χ3v) is 7.24. The molecule has 0 aliphatic rings. The number of hydrogen-bond donors (Lipinski definition) is 3. The molecule has 0 saturated heterocycles. The standard InChI is InChI=1S/C18H13Cl2N3O4S2/c19-13-7-3-6-12(16(13)20)18(25)22-21-17(24)11-5-1-2-8-14(11)23-29(26,27)15-9-4-10-28-15/h1-10,23H,(H,21,24)(H,22,25). The predicted molar refractivity (Wildman–Crippen MR) is 113 cm³/mol. The Morgan fingerprint density at radius 2 is 1.48 bits per heavy atom. The summed E-state index contributed by atoms with van der Waals surface area (Å²) in [5.41, 5.74) is 4.62. The van der Waals surface area contributed by atoms with Gasteiger partial charge in [0.25, 0.3) is 21.8 Å². The number of amides is 2. The van der Waals surface area contributed by atoms with E-state index < -0.39 is 21.8 Å². The maximum absolute atomic E-state index is 12.5. The van der Waals surface area contributed by atoms with Crippen LogP contribution in [0.2, 0.25) is 10.0 Å². The summed E-state index contributed by atoms with van der Waals surface area (Å²) in [4.78, 5) is 24.8. The van der Waals surface area contributed by atoms with Crippen molar-refractivity contribution in [3.63, 3.8) is 0 Å². The van der Waals surface area contributed by atoms with Crippen LogP contribution in [0.25, 0.3) is 0 Å². The molecule has 1 aromatic heterocycles. The molecule has 1 heterocycles. The Morgan fingerprint density at radius 1 is 0.828 bits per heavy atom. The van der Waals surface area contributed by atoms with Crippen LogP contribution in [-0.4, -0.2) is 20.2 Å². The molecule has 7 nitrogen and oxygen atoms in total. The number of para-hydroxylation sites is 1. The molecule has 2 amide bonds. The third kappa shape index (κ3) is 4.88. The van der Waals surface area contributed by atoms with E-state index in [1.807, 2.05) is 0 Å². The van der Waals surface area contributed by atoms with Gasteiger partial charge in [0, 0.05) is 0 Å². The Morgan fingerprint density at radius 3 is 2.17 bits per heavy atom. The van der Waals surface area contributed by atoms with Crippen LogP contribution in [-0.2, 0) is 10.0 Å². The van der Waals surface area contributed by atoms with E-state index in [2.05, 4.69) is 15.6 Å². The van der Waals surface area contributed by atoms with Crippen molar-refractivity contribution in [1.82, 2.24) is 10.9 Å². The number of thiophene rings is 1. The molecule has 0 fully saturated rings. The fourth-order valence-electron chi connectivity index (χ4n) is 2.31. The number of nitrogens with one attached hydrogen (secondary N) is 3. The molecule has 0 saturated carbocycles. The summed E-state index contributed by atoms with van der Waals surface area (Å²) in [6.45, 7) is 0. The summed E-state index contributed by atoms with van der Waals surface area (Å²) in [5, 5.41) is 1.87. The number of sulfonamides is 1. The zero-order valence-corrected chi connectivity index (χ0v) is 17.6. The normalized spacial score (nSPS) is 11.0. The van der Waals surface area contributed by atoms with Crippen LogP contribution in [0.4, 0.5) is 5.69 Å². The number of benzene rings is 2. The van der Waals surface area contributed by atoms with E-state index in [1.165, 1.54) is 30.3 Å². The van der Waals surface area contributed by atoms with Gasteiger partial charge < -0.3 is 0 Å². The lowest BCUT2D eigenvalue weighted by Gasteiger charge is -2.13. The first kappa shape index (κ1) is 21.1. The van der Waals surface area contributed by atoms with Crippen molar-refractivity contribution in [2.75, 3.05) is 4.72 Å². The van der Waals surface area contributed by atoms with Crippen molar-refractivity contribution in [2.45, 2.75) is 4.21 Å². The second-order valence-corrected chi connectivity index (χ2v) is 9.23. The molecule has 150 valence electrons. The van der Waals surface area contributed by atoms with Gasteiger partial charge in [-0.05, 0) is 35.7 Å². The molecule has 2 aromatic carbocycles. The van der Waals surface area contributed by atoms with Crippen molar-refractivity contribution in [3.05, 3.63) is 81.1 Å². The summed E-state index contributed by atoms with van der Waals surface area (Å²) in [7, 11) is -3.84. The van der Waals surface area contributed by atoms with E-state index in [1.54, 1.807) is 29.6 Å². The minimum atomic E-state index is -3.84. The third-order valence-electron chi connectivity index (χ3n) is 3.66. The lowest BCUT2D eigenvalue weighted by Crippen LogP contribution is -2.42. The van der Waals surface area contributed by atoms with Crippen molar-refractivity contribution < 1.29 is 18.0 Å². The fourth-order valence-corrected chi connectivity index (χ4v) is 4.77. The van der Waals surface area contributed by atoms with Crippen LogP contribution in [0, 0.1) is 0 Å². The van der Waals surface area contributed by atoms with E-state index in [4.69, 9.17) is 23.2 Å². The molecule has 3 rings (SSSR count). The molecule has 0 unspecified atom stereocenters. The summed E-state index contributed by atoms with van der Waals surface area (Å²) in [6, 6.07) is 13.6. The molecule has 3 N–H and O–H groups in total. The van der Waals surface area contributed by atoms with Gasteiger partial charge in [0.15, 0.2) is 0 Å². The van der Waals surface area contributed by atoms with Gasteiger partial charge in [0.1, 0.15) is 4.21 Å². The van der Waals surface area contributed by atoms with Crippen molar-refractivity contribution in [1.29, 1.82) is 0 Å². The van der Waals surface area contributed by atoms with Crippen molar-refractivity contribution in [2.24, 2.45) is 0 Å². The van der Waals surface area contributed by atoms with Gasteiger partial charge in [0.05, 0.1) is 26.9 Å². The first-order chi connectivity index (χ1) is 13.8. The smallest absolute Gasteiger partial charge is 0.271 e. The lowest BCUT2D eigenvalue weighted by atomic mass is 10.2. The maximum Gasteiger partial charge on any atom is 0.271 e. The Bertz CT molecular complexity index is 1170. The second kappa shape index (κ2) is 8.83. The first-order valence-corrected chi connectivity index (χ1v) is 11.1. The molecule has 0 radical (unpaired) electrons. The highest BCUT2D eigenvalue weighted by Crippen LogP contribution is 2.25. The number of hydrogen-bond acceptors (Lipinski definition) is 5. The van der Waals surface area contributed by atoms with Gasteiger partial charge in [-0.2, -0.15) is 0 Å². The minimum Gasteiger partial charge on any atom is -0.278 e. The van der Waals surface area contributed by atoms with Crippen LogP contribution in [0.5, 0.6) is 0 Å². The molecule has 3 aromatic rings. The molecule has 0 atom stereocenters. The number of halogens is 2. The first-order valence-electron chi connectivity index (χ1n) is 7.99. The molecule has 0 spiro atoms. The Hall–Kier alpha value is -2.59. The number of hydrazine groups is 1. The molecule has 0 aliphatic heterocycles. The van der Waals surface area contributed by atoms with Crippen LogP contribution >= 0.6 is 34.5 Å². The van der Waals surface area contributed by atoms with Gasteiger partial charge in [-0.15, -0.1) is 11.3 Å². The average molecular weight is 470 g/mol. The Balaban J connectivity index is 1.75. The van der Waals surface area contributed by atoms with Gasteiger partial charge in [-0.1, -0.05) is 47.5 Å². The van der Waals surface area contributed by atoms with Crippen molar-refractivity contribution in [3.8, 4) is 0 Å². The second-order valence-electron chi connectivity index (χ2n) is 5.59. The minimum absolute atomic E-state index is 0.0186. The van der Waals surface area contributed by atoms with Crippen molar-refractivity contribution >= 4 is 62.1 Å². The van der Waals surface area contributed by atoms with Crippen LogP contribution < -0.4 is 15.6 Å². The monoisotopic (exact) mass is 469 g/mol. The highest BCUT2D eigenvalue weighted by molar-refractivity contribution is 7.94. The fraction of sp³-hybridized carbons (Fsp3) is 0. The molecular weight excluding hydrogens is 457 g/mol. The van der Waals surface area contributed by atoms with Gasteiger partial charge in [-0.25, -0.2) is 8.42 Å². The zero-order valence-electron chi connectivity index (χ0n) is 14.5. The molecular formula is C18H13Cl2N3O4S2. The molecule has 29 heavy (non-hydrogen) atoms. The van der Waals surface area contributed by atoms with Crippen LogP contribution in [0.15, 0.2) is 64.2 Å². The van der Waals surface area contributed by atoms with E-state index >= 15 is 0 Å². The average Bonchev–Trinajstić information content (AvgIpc) is 3.24. The Labute approximate surface area is 180 Å². The molecule has 0 aliphatic carbocycles. The predicted octanol–water partition coefficient (Wildman–Crippen LogP) is 3.93. The molecule has 0 bridgehead atoms. The largest absolute Gasteiger partial charge is 0.278 e.